The number of quaternary nitrogens is 1. The molecule has 0 heterocycles. The predicted molar refractivity (Wildman–Crippen MR) is 31.2 cm³/mol. The molecule has 0 aromatic carbocycles. The third-order valence-corrected chi connectivity index (χ3v) is 0.927. The summed E-state index contributed by atoms with van der Waals surface area (Å²) in [6.07, 6.45) is -0.376. The normalized spacial score (nSPS) is 9.80. The monoisotopic (exact) mass is 148 g/mol. The van der Waals surface area contributed by atoms with E-state index < -0.39 is 18.0 Å². The van der Waals surface area contributed by atoms with E-state index in [4.69, 9.17) is 10.2 Å². The molecule has 5 heteroatoms. The molecule has 5 nitrogen and oxygen atoms in total. The van der Waals surface area contributed by atoms with Crippen molar-refractivity contribution in [1.29, 1.82) is 0 Å². The largest absolute Gasteiger partial charge is 0.481 e. The third-order valence-electron chi connectivity index (χ3n) is 0.927. The van der Waals surface area contributed by atoms with Gasteiger partial charge >= 0.3 is 11.9 Å². The molecule has 0 aromatic heterocycles. The summed E-state index contributed by atoms with van der Waals surface area (Å²) in [5.41, 5.74) is 3.36. The number of hydrogen-bond acceptors (Lipinski definition) is 2. The molecule has 0 saturated heterocycles. The van der Waals surface area contributed by atoms with Gasteiger partial charge in [-0.1, -0.05) is 0 Å². The molecule has 0 bridgehead atoms. The molecule has 0 rings (SSSR count). The molecule has 0 atom stereocenters. The summed E-state index contributed by atoms with van der Waals surface area (Å²) < 4.78 is 0. The maximum absolute atomic E-state index is 9.96. The highest BCUT2D eigenvalue weighted by molar-refractivity contribution is 5.71. The highest BCUT2D eigenvalue weighted by atomic mass is 16.4. The van der Waals surface area contributed by atoms with E-state index in [9.17, 15) is 9.59 Å². The van der Waals surface area contributed by atoms with E-state index >= 15 is 0 Å². The van der Waals surface area contributed by atoms with E-state index in [1.807, 2.05) is 0 Å². The van der Waals surface area contributed by atoms with Gasteiger partial charge in [-0.05, 0) is 0 Å². The second-order valence-corrected chi connectivity index (χ2v) is 2.06. The summed E-state index contributed by atoms with van der Waals surface area (Å²) in [6.45, 7) is 0. The molecule has 0 saturated carbocycles. The van der Waals surface area contributed by atoms with Crippen molar-refractivity contribution in [2.75, 3.05) is 0 Å². The van der Waals surface area contributed by atoms with Crippen LogP contribution in [0.4, 0.5) is 0 Å². The van der Waals surface area contributed by atoms with E-state index in [1.54, 1.807) is 0 Å². The van der Waals surface area contributed by atoms with Crippen LogP contribution in [0.2, 0.25) is 0 Å². The average molecular weight is 148 g/mol. The van der Waals surface area contributed by atoms with Crippen LogP contribution in [0.3, 0.4) is 0 Å². The summed E-state index contributed by atoms with van der Waals surface area (Å²) >= 11 is 0. The van der Waals surface area contributed by atoms with Gasteiger partial charge in [-0.3, -0.25) is 9.59 Å². The zero-order valence-corrected chi connectivity index (χ0v) is 5.41. The second-order valence-electron chi connectivity index (χ2n) is 2.06. The zero-order valence-electron chi connectivity index (χ0n) is 5.41. The van der Waals surface area contributed by atoms with Crippen LogP contribution < -0.4 is 5.73 Å². The van der Waals surface area contributed by atoms with Crippen molar-refractivity contribution in [3.8, 4) is 0 Å². The topological polar surface area (TPSA) is 102 Å². The summed E-state index contributed by atoms with van der Waals surface area (Å²) in [6, 6.07) is -0.532. The summed E-state index contributed by atoms with van der Waals surface area (Å²) in [7, 11) is 0. The van der Waals surface area contributed by atoms with E-state index in [1.165, 1.54) is 0 Å². The standard InChI is InChI=1S/C5H9NO4/c6-3(1-4(7)8)2-5(9)10/h3H,1-2,6H2,(H,7,8)(H,9,10)/p+1. The van der Waals surface area contributed by atoms with Gasteiger partial charge in [0.2, 0.25) is 0 Å². The Morgan fingerprint density at radius 2 is 1.50 bits per heavy atom. The Morgan fingerprint density at radius 1 is 1.20 bits per heavy atom. The minimum atomic E-state index is -1.01. The lowest BCUT2D eigenvalue weighted by Gasteiger charge is -1.99. The van der Waals surface area contributed by atoms with Crippen LogP contribution in [0, 0.1) is 0 Å². The Labute approximate surface area is 57.5 Å². The van der Waals surface area contributed by atoms with E-state index in [2.05, 4.69) is 5.73 Å². The van der Waals surface area contributed by atoms with Gasteiger partial charge in [0, 0.05) is 0 Å². The van der Waals surface area contributed by atoms with Crippen molar-refractivity contribution in [2.45, 2.75) is 18.9 Å². The minimum absolute atomic E-state index is 0.188. The number of carbonyl (C=O) groups is 2. The maximum Gasteiger partial charge on any atom is 0.309 e. The third kappa shape index (κ3) is 5.04. The molecule has 0 aliphatic rings. The minimum Gasteiger partial charge on any atom is -0.481 e. The van der Waals surface area contributed by atoms with Crippen LogP contribution >= 0.6 is 0 Å². The number of rotatable bonds is 4. The molecule has 10 heavy (non-hydrogen) atoms. The average Bonchev–Trinajstić information content (AvgIpc) is 1.58. The SMILES string of the molecule is [NH3+]C(CC(=O)O)CC(=O)O. The molecule has 0 spiro atoms. The van der Waals surface area contributed by atoms with Crippen LogP contribution in [-0.4, -0.2) is 28.2 Å². The van der Waals surface area contributed by atoms with Crippen molar-refractivity contribution in [2.24, 2.45) is 0 Å². The maximum atomic E-state index is 9.96. The Bertz CT molecular complexity index is 129. The van der Waals surface area contributed by atoms with E-state index in [-0.39, 0.29) is 12.8 Å². The highest BCUT2D eigenvalue weighted by Gasteiger charge is 2.14. The van der Waals surface area contributed by atoms with Crippen molar-refractivity contribution < 1.29 is 25.5 Å². The highest BCUT2D eigenvalue weighted by Crippen LogP contribution is 1.91. The molecule has 0 aliphatic heterocycles. The van der Waals surface area contributed by atoms with Crippen LogP contribution in [0.15, 0.2) is 0 Å². The van der Waals surface area contributed by atoms with Gasteiger partial charge in [-0.25, -0.2) is 0 Å². The van der Waals surface area contributed by atoms with Crippen LogP contribution in [0.1, 0.15) is 12.8 Å². The first-order chi connectivity index (χ1) is 4.52. The Morgan fingerprint density at radius 3 is 1.70 bits per heavy atom. The number of aliphatic carboxylic acids is 2. The molecular formula is C5H10NO4+. The predicted octanol–water partition coefficient (Wildman–Crippen LogP) is -1.45. The van der Waals surface area contributed by atoms with Crippen LogP contribution in [-0.2, 0) is 9.59 Å². The number of carboxylic acids is 2. The molecule has 0 aromatic rings. The van der Waals surface area contributed by atoms with Gasteiger partial charge in [0.05, 0.1) is 12.8 Å². The number of carboxylic acid groups (broad SMARTS) is 2. The lowest BCUT2D eigenvalue weighted by molar-refractivity contribution is -0.418. The van der Waals surface area contributed by atoms with Gasteiger partial charge in [0.15, 0.2) is 0 Å². The molecule has 0 fully saturated rings. The second kappa shape index (κ2) is 3.84. The summed E-state index contributed by atoms with van der Waals surface area (Å²) in [5.74, 6) is -2.03. The van der Waals surface area contributed by atoms with Crippen LogP contribution in [0.5, 0.6) is 0 Å². The quantitative estimate of drug-likeness (QED) is 0.453. The molecule has 0 radical (unpaired) electrons. The first-order valence-corrected chi connectivity index (χ1v) is 2.79. The van der Waals surface area contributed by atoms with E-state index in [0.717, 1.165) is 0 Å². The fourth-order valence-electron chi connectivity index (χ4n) is 0.566. The summed E-state index contributed by atoms with van der Waals surface area (Å²) in [5, 5.41) is 16.3. The Kier molecular flexibility index (Phi) is 3.42. The molecule has 0 amide bonds. The van der Waals surface area contributed by atoms with Gasteiger partial charge < -0.3 is 15.9 Å². The van der Waals surface area contributed by atoms with Crippen molar-refractivity contribution in [3.63, 3.8) is 0 Å². The van der Waals surface area contributed by atoms with Gasteiger partial charge in [0.25, 0.3) is 0 Å². The van der Waals surface area contributed by atoms with Gasteiger partial charge in [-0.15, -0.1) is 0 Å². The van der Waals surface area contributed by atoms with E-state index in [0.29, 0.717) is 0 Å². The lowest BCUT2D eigenvalue weighted by atomic mass is 10.1. The molecule has 0 unspecified atom stereocenters. The molecule has 5 N–H and O–H groups in total. The van der Waals surface area contributed by atoms with Crippen LogP contribution in [0.25, 0.3) is 0 Å². The van der Waals surface area contributed by atoms with Crippen molar-refractivity contribution in [1.82, 2.24) is 0 Å². The fraction of sp³-hybridized carbons (Fsp3) is 0.600. The Balaban J connectivity index is 3.53. The number of hydrogen-bond donors (Lipinski definition) is 3. The smallest absolute Gasteiger partial charge is 0.309 e. The Hall–Kier alpha value is -1.10. The fourth-order valence-corrected chi connectivity index (χ4v) is 0.566. The first kappa shape index (κ1) is 8.90. The van der Waals surface area contributed by atoms with Crippen molar-refractivity contribution >= 4 is 11.9 Å². The first-order valence-electron chi connectivity index (χ1n) is 2.79. The van der Waals surface area contributed by atoms with Gasteiger partial charge in [-0.2, -0.15) is 0 Å². The van der Waals surface area contributed by atoms with Crippen molar-refractivity contribution in [3.05, 3.63) is 0 Å². The summed E-state index contributed by atoms with van der Waals surface area (Å²) in [4.78, 5) is 19.9. The molecule has 58 valence electrons. The molecular weight excluding hydrogens is 138 g/mol. The van der Waals surface area contributed by atoms with Gasteiger partial charge in [0.1, 0.15) is 6.04 Å². The lowest BCUT2D eigenvalue weighted by Crippen LogP contribution is -2.62. The zero-order chi connectivity index (χ0) is 8.15. The molecule has 0 aliphatic carbocycles.